The number of hydrogen-bond donors (Lipinski definition) is 3. The van der Waals surface area contributed by atoms with Crippen molar-refractivity contribution < 1.29 is 9.90 Å². The zero-order valence-electron chi connectivity index (χ0n) is 19.0. The Labute approximate surface area is 196 Å². The molecule has 11 heteroatoms. The van der Waals surface area contributed by atoms with Gasteiger partial charge >= 0.3 is 0 Å². The molecule has 0 unspecified atom stereocenters. The highest BCUT2D eigenvalue weighted by atomic mass is 32.1. The van der Waals surface area contributed by atoms with Crippen LogP contribution in [-0.4, -0.2) is 75.2 Å². The molecule has 3 aromatic rings. The van der Waals surface area contributed by atoms with Crippen LogP contribution in [-0.2, 0) is 0 Å². The van der Waals surface area contributed by atoms with Crippen molar-refractivity contribution in [2.45, 2.75) is 20.8 Å². The Balaban J connectivity index is 1.43. The van der Waals surface area contributed by atoms with Gasteiger partial charge in [-0.05, 0) is 31.9 Å². The Morgan fingerprint density at radius 3 is 2.52 bits per heavy atom. The minimum Gasteiger partial charge on any atom is -0.395 e. The van der Waals surface area contributed by atoms with E-state index in [2.05, 4.69) is 40.4 Å². The van der Waals surface area contributed by atoms with Crippen LogP contribution >= 0.6 is 11.3 Å². The molecule has 0 aromatic carbocycles. The molecule has 0 saturated carbocycles. The summed E-state index contributed by atoms with van der Waals surface area (Å²) in [4.78, 5) is 35.2. The zero-order valence-corrected chi connectivity index (χ0v) is 19.8. The lowest BCUT2D eigenvalue weighted by Gasteiger charge is -2.35. The van der Waals surface area contributed by atoms with Gasteiger partial charge in [0.05, 0.1) is 12.8 Å². The summed E-state index contributed by atoms with van der Waals surface area (Å²) >= 11 is 1.27. The molecule has 4 rings (SSSR count). The number of carbonyl (C=O) groups is 1. The topological polar surface area (TPSA) is 119 Å². The Bertz CT molecular complexity index is 1110. The SMILES string of the molecule is Cc1nc(Nc2ncc(C(=O)Nc3c(C)cncc3C)s2)cc(N2CCN(CCO)CC2)n1. The molecule has 3 aromatic heterocycles. The van der Waals surface area contributed by atoms with Crippen molar-refractivity contribution in [3.05, 3.63) is 46.5 Å². The van der Waals surface area contributed by atoms with Crippen LogP contribution in [0.25, 0.3) is 0 Å². The number of β-amino-alcohol motifs (C(OH)–C–C–N with tert-alkyl or cyclic N) is 1. The summed E-state index contributed by atoms with van der Waals surface area (Å²) in [6.07, 6.45) is 5.01. The maximum atomic E-state index is 12.7. The second-order valence-corrected chi connectivity index (χ2v) is 9.00. The molecule has 0 atom stereocenters. The van der Waals surface area contributed by atoms with Crippen molar-refractivity contribution in [2.24, 2.45) is 0 Å². The first-order valence-electron chi connectivity index (χ1n) is 10.8. The van der Waals surface area contributed by atoms with E-state index in [0.29, 0.717) is 28.2 Å². The second kappa shape index (κ2) is 10.2. The van der Waals surface area contributed by atoms with Crippen LogP contribution in [0.1, 0.15) is 26.6 Å². The van der Waals surface area contributed by atoms with Gasteiger partial charge in [-0.15, -0.1) is 0 Å². The number of aliphatic hydroxyl groups excluding tert-OH is 1. The van der Waals surface area contributed by atoms with Gasteiger partial charge in [-0.3, -0.25) is 14.7 Å². The monoisotopic (exact) mass is 468 g/mol. The molecule has 0 bridgehead atoms. The molecule has 1 amide bonds. The Hall–Kier alpha value is -3.15. The summed E-state index contributed by atoms with van der Waals surface area (Å²) in [5, 5.41) is 15.9. The highest BCUT2D eigenvalue weighted by molar-refractivity contribution is 7.17. The van der Waals surface area contributed by atoms with Crippen LogP contribution < -0.4 is 15.5 Å². The number of nitrogens with zero attached hydrogens (tertiary/aromatic N) is 6. The van der Waals surface area contributed by atoms with Crippen molar-refractivity contribution in [1.82, 2.24) is 24.8 Å². The molecule has 1 saturated heterocycles. The van der Waals surface area contributed by atoms with Crippen molar-refractivity contribution >= 4 is 39.7 Å². The highest BCUT2D eigenvalue weighted by Gasteiger charge is 2.19. The molecule has 0 spiro atoms. The van der Waals surface area contributed by atoms with Gasteiger partial charge in [-0.2, -0.15) is 0 Å². The van der Waals surface area contributed by atoms with Crippen LogP contribution in [0, 0.1) is 20.8 Å². The van der Waals surface area contributed by atoms with Gasteiger partial charge in [0.25, 0.3) is 5.91 Å². The lowest BCUT2D eigenvalue weighted by Crippen LogP contribution is -2.47. The fraction of sp³-hybridized carbons (Fsp3) is 0.409. The van der Waals surface area contributed by atoms with E-state index in [9.17, 15) is 4.79 Å². The number of anilines is 4. The number of aliphatic hydroxyl groups is 1. The highest BCUT2D eigenvalue weighted by Crippen LogP contribution is 2.26. The Morgan fingerprint density at radius 2 is 1.82 bits per heavy atom. The van der Waals surface area contributed by atoms with Gasteiger partial charge < -0.3 is 20.6 Å². The van der Waals surface area contributed by atoms with Crippen LogP contribution in [0.3, 0.4) is 0 Å². The quantitative estimate of drug-likeness (QED) is 0.480. The summed E-state index contributed by atoms with van der Waals surface area (Å²) in [5.41, 5.74) is 2.59. The Kier molecular flexibility index (Phi) is 7.11. The van der Waals surface area contributed by atoms with E-state index >= 15 is 0 Å². The van der Waals surface area contributed by atoms with Crippen LogP contribution in [0.4, 0.5) is 22.5 Å². The van der Waals surface area contributed by atoms with E-state index in [4.69, 9.17) is 5.11 Å². The first-order chi connectivity index (χ1) is 15.9. The second-order valence-electron chi connectivity index (χ2n) is 7.97. The van der Waals surface area contributed by atoms with Gasteiger partial charge in [0.15, 0.2) is 5.13 Å². The van der Waals surface area contributed by atoms with Crippen molar-refractivity contribution in [2.75, 3.05) is 54.9 Å². The molecule has 33 heavy (non-hydrogen) atoms. The molecular weight excluding hydrogens is 440 g/mol. The van der Waals surface area contributed by atoms with Gasteiger partial charge in [0.1, 0.15) is 22.3 Å². The third-order valence-electron chi connectivity index (χ3n) is 5.46. The molecule has 4 heterocycles. The van der Waals surface area contributed by atoms with E-state index in [0.717, 1.165) is 48.8 Å². The molecule has 1 aliphatic rings. The number of rotatable bonds is 7. The van der Waals surface area contributed by atoms with Crippen LogP contribution in [0.5, 0.6) is 0 Å². The minimum absolute atomic E-state index is 0.177. The standard InChI is InChI=1S/C22H28N8O2S/c1-14-11-23-12-15(2)20(14)28-21(32)17-13-24-22(33-17)27-18-10-19(26-16(3)25-18)30-6-4-29(5-7-30)8-9-31/h10-13,31H,4-9H2,1-3H3,(H,23,28,32)(H,24,25,26,27). The maximum Gasteiger partial charge on any atom is 0.267 e. The predicted molar refractivity (Wildman–Crippen MR) is 130 cm³/mol. The number of nitrogens with one attached hydrogen (secondary N) is 2. The van der Waals surface area contributed by atoms with E-state index in [1.165, 1.54) is 11.3 Å². The number of carbonyl (C=O) groups excluding carboxylic acids is 1. The number of thiazole rings is 1. The van der Waals surface area contributed by atoms with Gasteiger partial charge in [0, 0.05) is 56.9 Å². The molecular formula is C22H28N8O2S. The smallest absolute Gasteiger partial charge is 0.267 e. The fourth-order valence-corrected chi connectivity index (χ4v) is 4.46. The van der Waals surface area contributed by atoms with Gasteiger partial charge in [0.2, 0.25) is 0 Å². The summed E-state index contributed by atoms with van der Waals surface area (Å²) in [6, 6.07) is 1.90. The molecule has 0 aliphatic carbocycles. The van der Waals surface area contributed by atoms with E-state index in [-0.39, 0.29) is 12.5 Å². The fourth-order valence-electron chi connectivity index (χ4n) is 3.74. The number of pyridine rings is 1. The third kappa shape index (κ3) is 5.62. The van der Waals surface area contributed by atoms with E-state index in [1.807, 2.05) is 26.8 Å². The zero-order chi connectivity index (χ0) is 23.4. The summed E-state index contributed by atoms with van der Waals surface area (Å²) in [6.45, 7) is 10.0. The Morgan fingerprint density at radius 1 is 1.09 bits per heavy atom. The largest absolute Gasteiger partial charge is 0.395 e. The molecule has 3 N–H and O–H groups in total. The van der Waals surface area contributed by atoms with Crippen LogP contribution in [0.2, 0.25) is 0 Å². The molecule has 1 fully saturated rings. The third-order valence-corrected chi connectivity index (χ3v) is 6.38. The average molecular weight is 469 g/mol. The first-order valence-corrected chi connectivity index (χ1v) is 11.6. The molecule has 10 nitrogen and oxygen atoms in total. The lowest BCUT2D eigenvalue weighted by atomic mass is 10.2. The van der Waals surface area contributed by atoms with Gasteiger partial charge in [-0.25, -0.2) is 15.0 Å². The molecule has 1 aliphatic heterocycles. The number of hydrogen-bond acceptors (Lipinski definition) is 10. The average Bonchev–Trinajstić information content (AvgIpc) is 3.25. The molecule has 174 valence electrons. The number of piperazine rings is 1. The van der Waals surface area contributed by atoms with Crippen molar-refractivity contribution in [3.63, 3.8) is 0 Å². The van der Waals surface area contributed by atoms with Crippen LogP contribution in [0.15, 0.2) is 24.7 Å². The van der Waals surface area contributed by atoms with E-state index < -0.39 is 0 Å². The predicted octanol–water partition coefficient (Wildman–Crippen LogP) is 2.36. The minimum atomic E-state index is -0.210. The summed E-state index contributed by atoms with van der Waals surface area (Å²) in [7, 11) is 0. The first kappa shape index (κ1) is 23.0. The van der Waals surface area contributed by atoms with Crippen molar-refractivity contribution in [1.29, 1.82) is 0 Å². The summed E-state index contributed by atoms with van der Waals surface area (Å²) in [5.74, 6) is 1.94. The summed E-state index contributed by atoms with van der Waals surface area (Å²) < 4.78 is 0. The number of amides is 1. The molecule has 0 radical (unpaired) electrons. The number of aryl methyl sites for hydroxylation is 3. The van der Waals surface area contributed by atoms with Crippen molar-refractivity contribution in [3.8, 4) is 0 Å². The maximum absolute atomic E-state index is 12.7. The van der Waals surface area contributed by atoms with E-state index in [1.54, 1.807) is 18.6 Å². The lowest BCUT2D eigenvalue weighted by molar-refractivity contribution is 0.103. The number of aromatic nitrogens is 4. The van der Waals surface area contributed by atoms with Gasteiger partial charge in [-0.1, -0.05) is 11.3 Å². The normalized spacial score (nSPS) is 14.4.